The van der Waals surface area contributed by atoms with Gasteiger partial charge in [-0.3, -0.25) is 9.59 Å². The number of nitrogens with zero attached hydrogens (tertiary/aromatic N) is 7. The van der Waals surface area contributed by atoms with Crippen LogP contribution in [0.3, 0.4) is 0 Å². The molecule has 2 aromatic heterocycles. The first-order chi connectivity index (χ1) is 19.5. The Labute approximate surface area is 232 Å². The van der Waals surface area contributed by atoms with E-state index < -0.39 is 0 Å². The van der Waals surface area contributed by atoms with Crippen LogP contribution in [0.5, 0.6) is 5.75 Å². The zero-order valence-corrected chi connectivity index (χ0v) is 22.6. The SMILES string of the molecule is CC(=O)N1CCCN(c2ncccn2)CCN(C(=O)COc2ccccc2-c2nc(C)no2)Cc2ccccc21. The van der Waals surface area contributed by atoms with Crippen LogP contribution >= 0.6 is 0 Å². The van der Waals surface area contributed by atoms with Crippen LogP contribution in [0.15, 0.2) is 71.5 Å². The summed E-state index contributed by atoms with van der Waals surface area (Å²) in [6.07, 6.45) is 4.11. The molecule has 0 fully saturated rings. The van der Waals surface area contributed by atoms with Gasteiger partial charge in [0.25, 0.3) is 11.8 Å². The fourth-order valence-electron chi connectivity index (χ4n) is 4.69. The molecule has 5 rings (SSSR count). The first-order valence-electron chi connectivity index (χ1n) is 13.2. The van der Waals surface area contributed by atoms with E-state index in [1.54, 1.807) is 48.2 Å². The van der Waals surface area contributed by atoms with E-state index in [-0.39, 0.29) is 18.4 Å². The topological polar surface area (TPSA) is 118 Å². The predicted octanol–water partition coefficient (Wildman–Crippen LogP) is 3.51. The molecule has 2 aromatic carbocycles. The van der Waals surface area contributed by atoms with E-state index in [4.69, 9.17) is 9.26 Å². The van der Waals surface area contributed by atoms with Gasteiger partial charge >= 0.3 is 0 Å². The van der Waals surface area contributed by atoms with E-state index in [2.05, 4.69) is 20.1 Å². The Morgan fingerprint density at radius 3 is 2.50 bits per heavy atom. The maximum absolute atomic E-state index is 13.7. The molecular weight excluding hydrogens is 510 g/mol. The van der Waals surface area contributed by atoms with Crippen LogP contribution in [0.1, 0.15) is 24.7 Å². The van der Waals surface area contributed by atoms with Crippen molar-refractivity contribution in [2.45, 2.75) is 26.8 Å². The van der Waals surface area contributed by atoms with Gasteiger partial charge < -0.3 is 24.0 Å². The second kappa shape index (κ2) is 12.4. The summed E-state index contributed by atoms with van der Waals surface area (Å²) in [5.74, 6) is 1.64. The average Bonchev–Trinajstić information content (AvgIpc) is 3.40. The normalized spacial score (nSPS) is 14.3. The van der Waals surface area contributed by atoms with Crippen molar-refractivity contribution >= 4 is 23.5 Å². The lowest BCUT2D eigenvalue weighted by molar-refractivity contribution is -0.133. The number of aryl methyl sites for hydroxylation is 1. The van der Waals surface area contributed by atoms with Crippen molar-refractivity contribution in [3.63, 3.8) is 0 Å². The Morgan fingerprint density at radius 2 is 1.73 bits per heavy atom. The first kappa shape index (κ1) is 26.8. The summed E-state index contributed by atoms with van der Waals surface area (Å²) in [6, 6.07) is 16.7. The van der Waals surface area contributed by atoms with E-state index in [0.717, 1.165) is 17.7 Å². The van der Waals surface area contributed by atoms with Crippen LogP contribution in [-0.2, 0) is 16.1 Å². The predicted molar refractivity (Wildman–Crippen MR) is 149 cm³/mol. The molecule has 0 saturated heterocycles. The van der Waals surface area contributed by atoms with Gasteiger partial charge in [-0.2, -0.15) is 4.98 Å². The van der Waals surface area contributed by atoms with Crippen LogP contribution in [0.4, 0.5) is 11.6 Å². The average molecular weight is 542 g/mol. The number of amides is 2. The number of anilines is 2. The third kappa shape index (κ3) is 6.25. The van der Waals surface area contributed by atoms with Crippen LogP contribution in [0.2, 0.25) is 0 Å². The molecule has 3 heterocycles. The highest BCUT2D eigenvalue weighted by Gasteiger charge is 2.24. The zero-order chi connectivity index (χ0) is 27.9. The molecule has 0 N–H and O–H groups in total. The maximum Gasteiger partial charge on any atom is 0.261 e. The minimum absolute atomic E-state index is 0.0525. The summed E-state index contributed by atoms with van der Waals surface area (Å²) < 4.78 is 11.3. The number of benzene rings is 2. The van der Waals surface area contributed by atoms with E-state index >= 15 is 0 Å². The van der Waals surface area contributed by atoms with Crippen LogP contribution in [0.25, 0.3) is 11.5 Å². The van der Waals surface area contributed by atoms with Gasteiger partial charge in [0.2, 0.25) is 11.9 Å². The molecule has 0 atom stereocenters. The molecule has 2 amide bonds. The van der Waals surface area contributed by atoms with Gasteiger partial charge in [-0.05, 0) is 43.2 Å². The quantitative estimate of drug-likeness (QED) is 0.374. The lowest BCUT2D eigenvalue weighted by Crippen LogP contribution is -2.41. The van der Waals surface area contributed by atoms with Gasteiger partial charge in [-0.15, -0.1) is 0 Å². The van der Waals surface area contributed by atoms with E-state index in [1.165, 1.54) is 0 Å². The molecule has 4 aromatic rings. The standard InChI is InChI=1S/C29H31N7O4/c1-21-32-28(40-33-21)24-10-4-6-12-26(24)39-20-27(38)35-18-17-34(29-30-13-7-14-31-29)15-8-16-36(22(2)37)25-11-5-3-9-23(25)19-35/h3-7,9-14H,8,15-20H2,1-2H3. The van der Waals surface area contributed by atoms with Crippen LogP contribution < -0.4 is 14.5 Å². The Balaban J connectivity index is 1.41. The summed E-state index contributed by atoms with van der Waals surface area (Å²) in [6.45, 7) is 5.54. The van der Waals surface area contributed by atoms with Crippen molar-refractivity contribution in [2.75, 3.05) is 42.6 Å². The third-order valence-corrected chi connectivity index (χ3v) is 6.66. The maximum atomic E-state index is 13.7. The molecule has 0 saturated carbocycles. The molecule has 11 heteroatoms. The molecule has 40 heavy (non-hydrogen) atoms. The fraction of sp³-hybridized carbons (Fsp3) is 0.310. The van der Waals surface area contributed by atoms with Gasteiger partial charge in [0.05, 0.1) is 5.56 Å². The van der Waals surface area contributed by atoms with Gasteiger partial charge in [-0.1, -0.05) is 35.5 Å². The van der Waals surface area contributed by atoms with Crippen molar-refractivity contribution in [1.82, 2.24) is 25.0 Å². The molecule has 1 aliphatic heterocycles. The number of carbonyl (C=O) groups excluding carboxylic acids is 2. The van der Waals surface area contributed by atoms with Crippen molar-refractivity contribution in [3.8, 4) is 17.2 Å². The second-order valence-electron chi connectivity index (χ2n) is 9.44. The zero-order valence-electron chi connectivity index (χ0n) is 22.6. The molecule has 0 aliphatic carbocycles. The highest BCUT2D eigenvalue weighted by molar-refractivity contribution is 5.92. The largest absolute Gasteiger partial charge is 0.483 e. The van der Waals surface area contributed by atoms with E-state index in [9.17, 15) is 9.59 Å². The lowest BCUT2D eigenvalue weighted by atomic mass is 10.1. The third-order valence-electron chi connectivity index (χ3n) is 6.66. The van der Waals surface area contributed by atoms with Gasteiger partial charge in [-0.25, -0.2) is 9.97 Å². The molecule has 0 radical (unpaired) electrons. The molecule has 0 bridgehead atoms. The van der Waals surface area contributed by atoms with Crippen LogP contribution in [-0.4, -0.2) is 69.6 Å². The van der Waals surface area contributed by atoms with Crippen molar-refractivity contribution in [3.05, 3.63) is 78.4 Å². The first-order valence-corrected chi connectivity index (χ1v) is 13.2. The minimum Gasteiger partial charge on any atom is -0.483 e. The van der Waals surface area contributed by atoms with Crippen molar-refractivity contribution in [1.29, 1.82) is 0 Å². The van der Waals surface area contributed by atoms with E-state index in [0.29, 0.717) is 61.7 Å². The summed E-state index contributed by atoms with van der Waals surface area (Å²) >= 11 is 0. The number of fused-ring (bicyclic) bond motifs is 1. The van der Waals surface area contributed by atoms with Gasteiger partial charge in [0, 0.05) is 57.7 Å². The molecule has 0 unspecified atom stereocenters. The Morgan fingerprint density at radius 1 is 0.950 bits per heavy atom. The number of hydrogen-bond donors (Lipinski definition) is 0. The molecule has 11 nitrogen and oxygen atoms in total. The Hall–Kier alpha value is -4.80. The molecule has 0 spiro atoms. The molecule has 206 valence electrons. The number of aromatic nitrogens is 4. The summed E-state index contributed by atoms with van der Waals surface area (Å²) in [5.41, 5.74) is 2.30. The highest BCUT2D eigenvalue weighted by Crippen LogP contribution is 2.29. The number of ether oxygens (including phenoxy) is 1. The lowest BCUT2D eigenvalue weighted by Gasteiger charge is -2.28. The summed E-state index contributed by atoms with van der Waals surface area (Å²) in [5, 5.41) is 3.86. The van der Waals surface area contributed by atoms with Crippen molar-refractivity contribution in [2.24, 2.45) is 0 Å². The number of rotatable bonds is 5. The molecular formula is C29H31N7O4. The summed E-state index contributed by atoms with van der Waals surface area (Å²) in [7, 11) is 0. The summed E-state index contributed by atoms with van der Waals surface area (Å²) in [4.78, 5) is 45.0. The van der Waals surface area contributed by atoms with Crippen LogP contribution in [0, 0.1) is 6.92 Å². The second-order valence-corrected chi connectivity index (χ2v) is 9.44. The smallest absolute Gasteiger partial charge is 0.261 e. The van der Waals surface area contributed by atoms with Crippen molar-refractivity contribution < 1.29 is 18.8 Å². The number of hydrogen-bond acceptors (Lipinski definition) is 9. The highest BCUT2D eigenvalue weighted by atomic mass is 16.5. The Kier molecular flexibility index (Phi) is 8.29. The minimum atomic E-state index is -0.200. The number of para-hydroxylation sites is 2. The molecule has 1 aliphatic rings. The number of carbonyl (C=O) groups is 2. The Bertz CT molecular complexity index is 1460. The van der Waals surface area contributed by atoms with Gasteiger partial charge in [0.1, 0.15) is 5.75 Å². The fourth-order valence-corrected chi connectivity index (χ4v) is 4.69. The monoisotopic (exact) mass is 541 g/mol. The van der Waals surface area contributed by atoms with Gasteiger partial charge in [0.15, 0.2) is 12.4 Å². The van der Waals surface area contributed by atoms with E-state index in [1.807, 2.05) is 47.4 Å².